The molecule has 0 aliphatic heterocycles. The van der Waals surface area contributed by atoms with Crippen LogP contribution in [0, 0.1) is 6.92 Å². The van der Waals surface area contributed by atoms with Gasteiger partial charge >= 0.3 is 0 Å². The minimum absolute atomic E-state index is 0.0531. The van der Waals surface area contributed by atoms with E-state index in [1.165, 1.54) is 13.3 Å². The van der Waals surface area contributed by atoms with Gasteiger partial charge in [0.1, 0.15) is 5.60 Å². The molecule has 1 heterocycles. The second-order valence-electron chi connectivity index (χ2n) is 3.60. The van der Waals surface area contributed by atoms with Gasteiger partial charge in [-0.25, -0.2) is 4.98 Å². The molecule has 1 aromatic heterocycles. The molecule has 0 spiro atoms. The second kappa shape index (κ2) is 4.41. The summed E-state index contributed by atoms with van der Waals surface area (Å²) >= 11 is 0. The Morgan fingerprint density at radius 1 is 1.73 bits per heavy atom. The van der Waals surface area contributed by atoms with Gasteiger partial charge in [0.25, 0.3) is 5.91 Å². The molecule has 3 N–H and O–H groups in total. The van der Waals surface area contributed by atoms with Crippen LogP contribution in [0.3, 0.4) is 0 Å². The van der Waals surface area contributed by atoms with Crippen molar-refractivity contribution < 1.29 is 19.4 Å². The molecule has 0 saturated carbocycles. The van der Waals surface area contributed by atoms with Gasteiger partial charge in [0.15, 0.2) is 6.39 Å². The molecule has 0 aliphatic carbocycles. The van der Waals surface area contributed by atoms with Gasteiger partial charge in [-0.2, -0.15) is 0 Å². The summed E-state index contributed by atoms with van der Waals surface area (Å²) in [6.07, 6.45) is 1.18. The molecule has 0 aliphatic rings. The average Bonchev–Trinajstić information content (AvgIpc) is 2.61. The molecule has 15 heavy (non-hydrogen) atoms. The number of carbonyl (C=O) groups excluding carboxylic acids is 1. The van der Waals surface area contributed by atoms with Gasteiger partial charge in [-0.1, -0.05) is 0 Å². The van der Waals surface area contributed by atoms with E-state index in [4.69, 9.17) is 9.52 Å². The Bertz CT molecular complexity index is 346. The molecular formula is C9H14N2O4. The molecule has 0 saturated heterocycles. The van der Waals surface area contributed by atoms with E-state index < -0.39 is 18.1 Å². The van der Waals surface area contributed by atoms with Crippen molar-refractivity contribution in [2.45, 2.75) is 19.4 Å². The van der Waals surface area contributed by atoms with E-state index in [0.717, 1.165) is 0 Å². The number of hydrogen-bond acceptors (Lipinski definition) is 5. The van der Waals surface area contributed by atoms with E-state index in [-0.39, 0.29) is 12.3 Å². The molecule has 1 rings (SSSR count). The number of hydrogen-bond donors (Lipinski definition) is 3. The first-order chi connectivity index (χ1) is 6.96. The number of rotatable bonds is 4. The molecule has 0 aromatic carbocycles. The number of oxazole rings is 1. The zero-order valence-electron chi connectivity index (χ0n) is 8.65. The molecule has 84 valence electrons. The lowest BCUT2D eigenvalue weighted by molar-refractivity contribution is 0.00299. The number of aliphatic hydroxyl groups is 2. The van der Waals surface area contributed by atoms with Crippen LogP contribution in [0.25, 0.3) is 0 Å². The normalized spacial score (nSPS) is 14.7. The molecule has 0 bridgehead atoms. The van der Waals surface area contributed by atoms with Crippen molar-refractivity contribution in [3.8, 4) is 0 Å². The summed E-state index contributed by atoms with van der Waals surface area (Å²) in [7, 11) is 0. The SMILES string of the molecule is Cc1ncoc1C(=O)NCC(C)(O)CO. The van der Waals surface area contributed by atoms with Gasteiger partial charge in [-0.05, 0) is 13.8 Å². The van der Waals surface area contributed by atoms with Crippen LogP contribution in [0.4, 0.5) is 0 Å². The quantitative estimate of drug-likeness (QED) is 0.625. The van der Waals surface area contributed by atoms with Crippen LogP contribution in [0.15, 0.2) is 10.8 Å². The van der Waals surface area contributed by atoms with Crippen molar-refractivity contribution in [3.05, 3.63) is 17.8 Å². The third-order valence-corrected chi connectivity index (χ3v) is 1.92. The fourth-order valence-corrected chi connectivity index (χ4v) is 0.927. The highest BCUT2D eigenvalue weighted by atomic mass is 16.4. The van der Waals surface area contributed by atoms with E-state index >= 15 is 0 Å². The topological polar surface area (TPSA) is 95.6 Å². The van der Waals surface area contributed by atoms with Crippen molar-refractivity contribution in [2.24, 2.45) is 0 Å². The fraction of sp³-hybridized carbons (Fsp3) is 0.556. The van der Waals surface area contributed by atoms with Crippen molar-refractivity contribution in [3.63, 3.8) is 0 Å². The molecule has 1 unspecified atom stereocenters. The second-order valence-corrected chi connectivity index (χ2v) is 3.60. The molecule has 0 fully saturated rings. The van der Waals surface area contributed by atoms with Crippen LogP contribution in [0.5, 0.6) is 0 Å². The summed E-state index contributed by atoms with van der Waals surface area (Å²) in [4.78, 5) is 15.2. The maximum absolute atomic E-state index is 11.5. The summed E-state index contributed by atoms with van der Waals surface area (Å²) in [6, 6.07) is 0. The lowest BCUT2D eigenvalue weighted by Crippen LogP contribution is -2.43. The number of carbonyl (C=O) groups is 1. The fourth-order valence-electron chi connectivity index (χ4n) is 0.927. The molecule has 6 heteroatoms. The van der Waals surface area contributed by atoms with Crippen LogP contribution in [-0.2, 0) is 0 Å². The van der Waals surface area contributed by atoms with Gasteiger partial charge in [0.2, 0.25) is 5.76 Å². The Kier molecular flexibility index (Phi) is 3.43. The van der Waals surface area contributed by atoms with Crippen molar-refractivity contribution in [1.82, 2.24) is 10.3 Å². The van der Waals surface area contributed by atoms with Crippen LogP contribution in [0.1, 0.15) is 23.2 Å². The molecule has 1 aromatic rings. The largest absolute Gasteiger partial charge is 0.438 e. The monoisotopic (exact) mass is 214 g/mol. The highest BCUT2D eigenvalue weighted by molar-refractivity contribution is 5.92. The lowest BCUT2D eigenvalue weighted by atomic mass is 10.1. The van der Waals surface area contributed by atoms with Crippen LogP contribution >= 0.6 is 0 Å². The zero-order valence-corrected chi connectivity index (χ0v) is 8.65. The molecule has 1 atom stereocenters. The minimum Gasteiger partial charge on any atom is -0.438 e. The smallest absolute Gasteiger partial charge is 0.289 e. The van der Waals surface area contributed by atoms with Crippen LogP contribution in [-0.4, -0.2) is 39.9 Å². The van der Waals surface area contributed by atoms with Gasteiger partial charge in [0.05, 0.1) is 12.3 Å². The first-order valence-corrected chi connectivity index (χ1v) is 4.48. The highest BCUT2D eigenvalue weighted by Crippen LogP contribution is 2.05. The Morgan fingerprint density at radius 2 is 2.40 bits per heavy atom. The van der Waals surface area contributed by atoms with Gasteiger partial charge < -0.3 is 19.9 Å². The summed E-state index contributed by atoms with van der Waals surface area (Å²) in [5, 5.41) is 20.6. The first kappa shape index (κ1) is 11.7. The van der Waals surface area contributed by atoms with E-state index in [9.17, 15) is 9.90 Å². The average molecular weight is 214 g/mol. The summed E-state index contributed by atoms with van der Waals surface area (Å²) in [5.74, 6) is -0.345. The molecular weight excluding hydrogens is 200 g/mol. The standard InChI is InChI=1S/C9H14N2O4/c1-6-7(15-5-11-6)8(13)10-3-9(2,14)4-12/h5,12,14H,3-4H2,1-2H3,(H,10,13). The summed E-state index contributed by atoms with van der Waals surface area (Å²) < 4.78 is 4.86. The minimum atomic E-state index is -1.33. The maximum Gasteiger partial charge on any atom is 0.289 e. The third-order valence-electron chi connectivity index (χ3n) is 1.92. The van der Waals surface area contributed by atoms with Gasteiger partial charge in [-0.3, -0.25) is 4.79 Å². The molecule has 0 radical (unpaired) electrons. The van der Waals surface area contributed by atoms with Crippen molar-refractivity contribution in [1.29, 1.82) is 0 Å². The van der Waals surface area contributed by atoms with Crippen LogP contribution in [0.2, 0.25) is 0 Å². The Morgan fingerprint density at radius 3 is 2.87 bits per heavy atom. The van der Waals surface area contributed by atoms with Crippen LogP contribution < -0.4 is 5.32 Å². The van der Waals surface area contributed by atoms with Gasteiger partial charge in [-0.15, -0.1) is 0 Å². The highest BCUT2D eigenvalue weighted by Gasteiger charge is 2.22. The maximum atomic E-state index is 11.5. The number of nitrogens with zero attached hydrogens (tertiary/aromatic N) is 1. The predicted molar refractivity (Wildman–Crippen MR) is 51.3 cm³/mol. The number of amides is 1. The number of aryl methyl sites for hydroxylation is 1. The Hall–Kier alpha value is -1.40. The van der Waals surface area contributed by atoms with Crippen molar-refractivity contribution in [2.75, 3.05) is 13.2 Å². The lowest BCUT2D eigenvalue weighted by Gasteiger charge is -2.20. The predicted octanol–water partition coefficient (Wildman–Crippen LogP) is -0.544. The number of aliphatic hydroxyl groups excluding tert-OH is 1. The number of aromatic nitrogens is 1. The van der Waals surface area contributed by atoms with E-state index in [0.29, 0.717) is 5.69 Å². The molecule has 6 nitrogen and oxygen atoms in total. The summed E-state index contributed by atoms with van der Waals surface area (Å²) in [6.45, 7) is 2.58. The van der Waals surface area contributed by atoms with E-state index in [2.05, 4.69) is 10.3 Å². The zero-order chi connectivity index (χ0) is 11.5. The Balaban J connectivity index is 2.55. The molecule has 1 amide bonds. The number of nitrogens with one attached hydrogen (secondary N) is 1. The Labute approximate surface area is 86.9 Å². The third kappa shape index (κ3) is 3.03. The van der Waals surface area contributed by atoms with E-state index in [1.807, 2.05) is 0 Å². The van der Waals surface area contributed by atoms with Crippen molar-refractivity contribution >= 4 is 5.91 Å². The first-order valence-electron chi connectivity index (χ1n) is 4.48. The van der Waals surface area contributed by atoms with Gasteiger partial charge in [0, 0.05) is 6.54 Å². The van der Waals surface area contributed by atoms with E-state index in [1.54, 1.807) is 6.92 Å². The summed E-state index contributed by atoms with van der Waals surface area (Å²) in [5.41, 5.74) is -0.847.